The standard InChI is InChI=1S/C17H17N7O2/c1-9-6-10(22-14-11-13(19-7-18-11)20-8-21-14)16(26)24-12(9)15(25)23-17(24)4-2-3-5-17/h6-8H,2-5H2,1H3,(H,23,25)(H2,18,19,20,21,22). The van der Waals surface area contributed by atoms with Gasteiger partial charge < -0.3 is 15.6 Å². The molecule has 9 nitrogen and oxygen atoms in total. The number of hydrogen-bond donors (Lipinski definition) is 3. The molecule has 1 aliphatic carbocycles. The second kappa shape index (κ2) is 5.13. The minimum Gasteiger partial charge on any atom is -0.340 e. The number of carbonyl (C=O) groups excluding carboxylic acids is 1. The zero-order chi connectivity index (χ0) is 17.9. The zero-order valence-electron chi connectivity index (χ0n) is 14.2. The summed E-state index contributed by atoms with van der Waals surface area (Å²) in [6.07, 6.45) is 6.45. The number of pyridine rings is 1. The Morgan fingerprint density at radius 2 is 2.00 bits per heavy atom. The average molecular weight is 351 g/mol. The normalized spacial score (nSPS) is 17.7. The fraction of sp³-hybridized carbons (Fsp3) is 0.353. The van der Waals surface area contributed by atoms with Crippen LogP contribution in [0.5, 0.6) is 0 Å². The Bertz CT molecular complexity index is 1110. The highest BCUT2D eigenvalue weighted by Crippen LogP contribution is 2.38. The molecular formula is C17H17N7O2. The van der Waals surface area contributed by atoms with Crippen molar-refractivity contribution < 1.29 is 4.79 Å². The number of aromatic amines is 1. The van der Waals surface area contributed by atoms with Crippen LogP contribution in [0.3, 0.4) is 0 Å². The molecule has 0 aromatic carbocycles. The summed E-state index contributed by atoms with van der Waals surface area (Å²) in [5, 5.41) is 6.15. The van der Waals surface area contributed by atoms with Crippen LogP contribution in [0.15, 0.2) is 23.5 Å². The van der Waals surface area contributed by atoms with Gasteiger partial charge in [-0.3, -0.25) is 14.2 Å². The Labute approximate surface area is 147 Å². The van der Waals surface area contributed by atoms with Gasteiger partial charge in [-0.25, -0.2) is 15.0 Å². The van der Waals surface area contributed by atoms with Crippen molar-refractivity contribution in [2.75, 3.05) is 5.32 Å². The van der Waals surface area contributed by atoms with Crippen molar-refractivity contribution >= 4 is 28.6 Å². The molecule has 1 saturated carbocycles. The lowest BCUT2D eigenvalue weighted by Crippen LogP contribution is -2.45. The summed E-state index contributed by atoms with van der Waals surface area (Å²) in [5.74, 6) is 0.299. The van der Waals surface area contributed by atoms with Crippen LogP contribution in [0.25, 0.3) is 11.2 Å². The third-order valence-electron chi connectivity index (χ3n) is 5.29. The van der Waals surface area contributed by atoms with E-state index in [0.29, 0.717) is 28.4 Å². The molecule has 2 aliphatic rings. The summed E-state index contributed by atoms with van der Waals surface area (Å²) < 4.78 is 1.64. The molecule has 132 valence electrons. The number of anilines is 2. The number of H-pyrrole nitrogens is 1. The topological polar surface area (TPSA) is 118 Å². The molecule has 0 bridgehead atoms. The van der Waals surface area contributed by atoms with Gasteiger partial charge in [-0.1, -0.05) is 0 Å². The van der Waals surface area contributed by atoms with Gasteiger partial charge in [-0.05, 0) is 44.2 Å². The number of nitrogens with zero attached hydrogens (tertiary/aromatic N) is 4. The highest BCUT2D eigenvalue weighted by Gasteiger charge is 2.46. The largest absolute Gasteiger partial charge is 0.340 e. The monoisotopic (exact) mass is 351 g/mol. The van der Waals surface area contributed by atoms with Gasteiger partial charge in [0.25, 0.3) is 11.5 Å². The van der Waals surface area contributed by atoms with E-state index in [0.717, 1.165) is 31.2 Å². The van der Waals surface area contributed by atoms with Gasteiger partial charge in [0.2, 0.25) is 0 Å². The Hall–Kier alpha value is -3.23. The molecule has 1 spiro atoms. The Kier molecular flexibility index (Phi) is 2.97. The maximum absolute atomic E-state index is 13.2. The molecule has 3 aromatic rings. The zero-order valence-corrected chi connectivity index (χ0v) is 14.2. The molecule has 3 N–H and O–H groups in total. The van der Waals surface area contributed by atoms with E-state index in [4.69, 9.17) is 0 Å². The van der Waals surface area contributed by atoms with E-state index < -0.39 is 5.66 Å². The molecule has 0 saturated heterocycles. The van der Waals surface area contributed by atoms with Gasteiger partial charge in [0, 0.05) is 0 Å². The van der Waals surface area contributed by atoms with Crippen molar-refractivity contribution in [1.82, 2.24) is 29.8 Å². The van der Waals surface area contributed by atoms with Crippen molar-refractivity contribution in [3.05, 3.63) is 40.3 Å². The maximum Gasteiger partial charge on any atom is 0.276 e. The summed E-state index contributed by atoms with van der Waals surface area (Å²) >= 11 is 0. The van der Waals surface area contributed by atoms with Crippen LogP contribution >= 0.6 is 0 Å². The van der Waals surface area contributed by atoms with Crippen LogP contribution in [0.1, 0.15) is 41.7 Å². The summed E-state index contributed by atoms with van der Waals surface area (Å²) in [6.45, 7) is 1.84. The molecule has 26 heavy (non-hydrogen) atoms. The summed E-state index contributed by atoms with van der Waals surface area (Å²) in [7, 11) is 0. The van der Waals surface area contributed by atoms with Gasteiger partial charge in [-0.15, -0.1) is 0 Å². The average Bonchev–Trinajstić information content (AvgIpc) is 3.32. The van der Waals surface area contributed by atoms with Crippen molar-refractivity contribution in [3.8, 4) is 0 Å². The molecule has 9 heteroatoms. The van der Waals surface area contributed by atoms with Gasteiger partial charge in [0.05, 0.1) is 6.33 Å². The fourth-order valence-electron chi connectivity index (χ4n) is 4.15. The lowest BCUT2D eigenvalue weighted by molar-refractivity contribution is 0.0920. The van der Waals surface area contributed by atoms with Crippen LogP contribution in [0.2, 0.25) is 0 Å². The lowest BCUT2D eigenvalue weighted by atomic mass is 10.1. The van der Waals surface area contributed by atoms with E-state index in [1.165, 1.54) is 12.7 Å². The first-order valence-corrected chi connectivity index (χ1v) is 8.60. The second-order valence-electron chi connectivity index (χ2n) is 6.87. The third kappa shape index (κ3) is 1.94. The van der Waals surface area contributed by atoms with E-state index >= 15 is 0 Å². The molecule has 1 amide bonds. The molecule has 0 unspecified atom stereocenters. The molecule has 1 aliphatic heterocycles. The van der Waals surface area contributed by atoms with Gasteiger partial charge >= 0.3 is 0 Å². The number of aromatic nitrogens is 5. The number of amides is 1. The number of fused-ring (bicyclic) bond motifs is 3. The van der Waals surface area contributed by atoms with Crippen molar-refractivity contribution in [2.45, 2.75) is 38.3 Å². The number of aryl methyl sites for hydroxylation is 1. The Morgan fingerprint density at radius 1 is 1.19 bits per heavy atom. The molecule has 4 heterocycles. The number of hydrogen-bond acceptors (Lipinski definition) is 6. The first-order chi connectivity index (χ1) is 12.6. The van der Waals surface area contributed by atoms with Crippen molar-refractivity contribution in [1.29, 1.82) is 0 Å². The highest BCUT2D eigenvalue weighted by molar-refractivity contribution is 5.97. The van der Waals surface area contributed by atoms with Crippen LogP contribution in [-0.4, -0.2) is 30.4 Å². The molecule has 0 radical (unpaired) electrons. The maximum atomic E-state index is 13.2. The predicted molar refractivity (Wildman–Crippen MR) is 94.3 cm³/mol. The quantitative estimate of drug-likeness (QED) is 0.644. The van der Waals surface area contributed by atoms with Crippen molar-refractivity contribution in [2.24, 2.45) is 0 Å². The van der Waals surface area contributed by atoms with Gasteiger partial charge in [-0.2, -0.15) is 0 Å². The van der Waals surface area contributed by atoms with Crippen LogP contribution < -0.4 is 16.2 Å². The molecule has 0 atom stereocenters. The van der Waals surface area contributed by atoms with E-state index in [-0.39, 0.29) is 11.5 Å². The number of rotatable bonds is 2. The van der Waals surface area contributed by atoms with Crippen LogP contribution in [-0.2, 0) is 5.66 Å². The minimum atomic E-state index is -0.596. The number of imidazole rings is 1. The SMILES string of the molecule is Cc1cc(Nc2ncnc3nc[nH]c23)c(=O)n2c1C(=O)NC21CCCC1. The first-order valence-electron chi connectivity index (χ1n) is 8.60. The third-order valence-corrected chi connectivity index (χ3v) is 5.29. The molecule has 5 rings (SSSR count). The smallest absolute Gasteiger partial charge is 0.276 e. The van der Waals surface area contributed by atoms with E-state index in [1.54, 1.807) is 10.6 Å². The second-order valence-corrected chi connectivity index (χ2v) is 6.87. The van der Waals surface area contributed by atoms with E-state index in [1.807, 2.05) is 6.92 Å². The Morgan fingerprint density at radius 3 is 2.81 bits per heavy atom. The van der Waals surface area contributed by atoms with E-state index in [9.17, 15) is 9.59 Å². The van der Waals surface area contributed by atoms with E-state index in [2.05, 4.69) is 30.6 Å². The van der Waals surface area contributed by atoms with Crippen LogP contribution in [0, 0.1) is 6.92 Å². The summed E-state index contributed by atoms with van der Waals surface area (Å²) in [5.41, 5.74) is 1.91. The summed E-state index contributed by atoms with van der Waals surface area (Å²) in [4.78, 5) is 41.1. The lowest BCUT2D eigenvalue weighted by Gasteiger charge is -2.26. The summed E-state index contributed by atoms with van der Waals surface area (Å²) in [6, 6.07) is 1.70. The van der Waals surface area contributed by atoms with Gasteiger partial charge in [0.1, 0.15) is 28.9 Å². The van der Waals surface area contributed by atoms with Crippen LogP contribution in [0.4, 0.5) is 11.5 Å². The fourth-order valence-corrected chi connectivity index (χ4v) is 4.15. The minimum absolute atomic E-state index is 0.175. The van der Waals surface area contributed by atoms with Crippen molar-refractivity contribution in [3.63, 3.8) is 0 Å². The van der Waals surface area contributed by atoms with Gasteiger partial charge in [0.15, 0.2) is 11.5 Å². The number of nitrogens with one attached hydrogen (secondary N) is 3. The molecule has 3 aromatic heterocycles. The first kappa shape index (κ1) is 15.1. The Balaban J connectivity index is 1.68. The highest BCUT2D eigenvalue weighted by atomic mass is 16.2. The predicted octanol–water partition coefficient (Wildman–Crippen LogP) is 1.54. The molecular weight excluding hydrogens is 334 g/mol. The number of carbonyl (C=O) groups is 1. The molecule has 1 fully saturated rings.